The molecule has 28 heavy (non-hydrogen) atoms. The standard InChI is InChI=1S/C19H23N5O3S/c1-23-13(6-9-20-23)18(25)21-12-7-10-24(11-8-12)19-22-16-14(26-2)4-5-15(27-3)17(16)28-19/h4-6,9,12H,7-8,10-11H2,1-3H3,(H,21,25). The van der Waals surface area contributed by atoms with Gasteiger partial charge in [0.05, 0.1) is 14.2 Å². The molecule has 8 nitrogen and oxygen atoms in total. The van der Waals surface area contributed by atoms with Gasteiger partial charge < -0.3 is 19.7 Å². The third-order valence-electron chi connectivity index (χ3n) is 5.05. The number of hydrogen-bond donors (Lipinski definition) is 1. The molecule has 1 aromatic carbocycles. The molecule has 0 spiro atoms. The minimum Gasteiger partial charge on any atom is -0.495 e. The van der Waals surface area contributed by atoms with Crippen LogP contribution in [0.4, 0.5) is 5.13 Å². The average Bonchev–Trinajstić information content (AvgIpc) is 3.34. The minimum absolute atomic E-state index is 0.0760. The zero-order valence-corrected chi connectivity index (χ0v) is 17.0. The van der Waals surface area contributed by atoms with Crippen LogP contribution in [-0.2, 0) is 7.05 Å². The molecule has 0 saturated carbocycles. The first-order valence-electron chi connectivity index (χ1n) is 9.16. The summed E-state index contributed by atoms with van der Waals surface area (Å²) in [5.41, 5.74) is 1.40. The number of aromatic nitrogens is 3. The maximum Gasteiger partial charge on any atom is 0.269 e. The van der Waals surface area contributed by atoms with Crippen molar-refractivity contribution in [1.82, 2.24) is 20.1 Å². The second kappa shape index (κ2) is 7.67. The SMILES string of the molecule is COc1ccc(OC)c2sc(N3CCC(NC(=O)c4ccnn4C)CC3)nc12. The fraction of sp³-hybridized carbons (Fsp3) is 0.421. The largest absolute Gasteiger partial charge is 0.495 e. The van der Waals surface area contributed by atoms with Crippen LogP contribution in [0.3, 0.4) is 0 Å². The number of ether oxygens (including phenoxy) is 2. The fourth-order valence-corrected chi connectivity index (χ4v) is 4.61. The maximum atomic E-state index is 12.4. The van der Waals surface area contributed by atoms with Gasteiger partial charge in [-0.05, 0) is 31.0 Å². The van der Waals surface area contributed by atoms with Gasteiger partial charge in [0, 0.05) is 32.4 Å². The van der Waals surface area contributed by atoms with Crippen molar-refractivity contribution in [2.24, 2.45) is 7.05 Å². The Morgan fingerprint density at radius 1 is 1.18 bits per heavy atom. The lowest BCUT2D eigenvalue weighted by molar-refractivity contribution is 0.0921. The lowest BCUT2D eigenvalue weighted by Crippen LogP contribution is -2.45. The summed E-state index contributed by atoms with van der Waals surface area (Å²) in [6.45, 7) is 1.67. The lowest BCUT2D eigenvalue weighted by atomic mass is 10.1. The first-order chi connectivity index (χ1) is 13.6. The molecule has 0 bridgehead atoms. The quantitative estimate of drug-likeness (QED) is 0.707. The summed E-state index contributed by atoms with van der Waals surface area (Å²) < 4.78 is 13.5. The van der Waals surface area contributed by atoms with Gasteiger partial charge in [0.2, 0.25) is 0 Å². The Kier molecular flexibility index (Phi) is 5.08. The molecule has 9 heteroatoms. The highest BCUT2D eigenvalue weighted by atomic mass is 32.1. The van der Waals surface area contributed by atoms with Crippen molar-refractivity contribution in [2.45, 2.75) is 18.9 Å². The zero-order valence-electron chi connectivity index (χ0n) is 16.1. The van der Waals surface area contributed by atoms with Crippen molar-refractivity contribution >= 4 is 32.6 Å². The number of piperidine rings is 1. The first-order valence-corrected chi connectivity index (χ1v) is 9.97. The van der Waals surface area contributed by atoms with Gasteiger partial charge in [-0.15, -0.1) is 0 Å². The topological polar surface area (TPSA) is 81.5 Å². The molecule has 2 aromatic heterocycles. The Balaban J connectivity index is 1.45. The molecule has 0 radical (unpaired) electrons. The van der Waals surface area contributed by atoms with Crippen LogP contribution in [0.25, 0.3) is 10.2 Å². The van der Waals surface area contributed by atoms with E-state index in [9.17, 15) is 4.79 Å². The number of nitrogens with zero attached hydrogens (tertiary/aromatic N) is 4. The highest BCUT2D eigenvalue weighted by molar-refractivity contribution is 7.22. The molecule has 1 fully saturated rings. The normalized spacial score (nSPS) is 15.0. The predicted octanol–water partition coefficient (Wildman–Crippen LogP) is 2.45. The number of nitrogens with one attached hydrogen (secondary N) is 1. The molecule has 3 heterocycles. The molecule has 4 rings (SSSR count). The number of aryl methyl sites for hydroxylation is 1. The Hall–Kier alpha value is -2.81. The van der Waals surface area contributed by atoms with Gasteiger partial charge in [-0.2, -0.15) is 5.10 Å². The summed E-state index contributed by atoms with van der Waals surface area (Å²) >= 11 is 1.61. The summed E-state index contributed by atoms with van der Waals surface area (Å²) in [4.78, 5) is 19.4. The Labute approximate surface area is 167 Å². The van der Waals surface area contributed by atoms with Gasteiger partial charge in [0.1, 0.15) is 27.4 Å². The molecule has 1 aliphatic rings. The molecular formula is C19H23N5O3S. The highest BCUT2D eigenvalue weighted by Crippen LogP contribution is 2.40. The first kappa shape index (κ1) is 18.5. The summed E-state index contributed by atoms with van der Waals surface area (Å²) in [7, 11) is 5.08. The monoisotopic (exact) mass is 401 g/mol. The van der Waals surface area contributed by atoms with Gasteiger partial charge in [-0.3, -0.25) is 9.48 Å². The summed E-state index contributed by atoms with van der Waals surface area (Å²) in [6.07, 6.45) is 3.37. The number of carbonyl (C=O) groups excluding carboxylic acids is 1. The van der Waals surface area contributed by atoms with Crippen LogP contribution >= 0.6 is 11.3 Å². The third-order valence-corrected chi connectivity index (χ3v) is 6.18. The van der Waals surface area contributed by atoms with Crippen LogP contribution in [0.2, 0.25) is 0 Å². The molecule has 1 saturated heterocycles. The Morgan fingerprint density at radius 3 is 2.54 bits per heavy atom. The number of thiazole rings is 1. The van der Waals surface area contributed by atoms with Crippen molar-refractivity contribution in [1.29, 1.82) is 0 Å². The van der Waals surface area contributed by atoms with Gasteiger partial charge in [-0.25, -0.2) is 4.98 Å². The highest BCUT2D eigenvalue weighted by Gasteiger charge is 2.25. The van der Waals surface area contributed by atoms with Crippen LogP contribution in [0, 0.1) is 0 Å². The molecule has 1 amide bonds. The number of fused-ring (bicyclic) bond motifs is 1. The van der Waals surface area contributed by atoms with E-state index in [0.717, 1.165) is 52.8 Å². The van der Waals surface area contributed by atoms with E-state index in [-0.39, 0.29) is 11.9 Å². The van der Waals surface area contributed by atoms with Crippen molar-refractivity contribution in [3.8, 4) is 11.5 Å². The predicted molar refractivity (Wildman–Crippen MR) is 109 cm³/mol. The van der Waals surface area contributed by atoms with Crippen LogP contribution in [-0.4, -0.2) is 54.0 Å². The van der Waals surface area contributed by atoms with Crippen molar-refractivity contribution in [3.63, 3.8) is 0 Å². The van der Waals surface area contributed by atoms with Crippen molar-refractivity contribution in [3.05, 3.63) is 30.1 Å². The molecule has 0 aliphatic carbocycles. The van der Waals surface area contributed by atoms with Gasteiger partial charge >= 0.3 is 0 Å². The van der Waals surface area contributed by atoms with E-state index >= 15 is 0 Å². The van der Waals surface area contributed by atoms with E-state index < -0.39 is 0 Å². The van der Waals surface area contributed by atoms with Gasteiger partial charge in [0.25, 0.3) is 5.91 Å². The Bertz CT molecular complexity index is 950. The number of methoxy groups -OCH3 is 2. The number of rotatable bonds is 5. The molecule has 1 N–H and O–H groups in total. The molecule has 148 valence electrons. The summed E-state index contributed by atoms with van der Waals surface area (Å²) in [5, 5.41) is 8.12. The second-order valence-corrected chi connectivity index (χ2v) is 7.70. The molecule has 0 atom stereocenters. The smallest absolute Gasteiger partial charge is 0.269 e. The molecular weight excluding hydrogens is 378 g/mol. The van der Waals surface area contributed by atoms with Crippen molar-refractivity contribution < 1.29 is 14.3 Å². The minimum atomic E-state index is -0.0760. The van der Waals surface area contributed by atoms with E-state index in [1.54, 1.807) is 49.5 Å². The maximum absolute atomic E-state index is 12.4. The lowest BCUT2D eigenvalue weighted by Gasteiger charge is -2.32. The van der Waals surface area contributed by atoms with Crippen LogP contribution in [0.15, 0.2) is 24.4 Å². The number of benzene rings is 1. The van der Waals surface area contributed by atoms with Crippen LogP contribution < -0.4 is 19.7 Å². The number of amides is 1. The van der Waals surface area contributed by atoms with Crippen molar-refractivity contribution in [2.75, 3.05) is 32.2 Å². The number of anilines is 1. The summed E-state index contributed by atoms with van der Waals surface area (Å²) in [5.74, 6) is 1.47. The number of hydrogen-bond acceptors (Lipinski definition) is 7. The van der Waals surface area contributed by atoms with E-state index in [0.29, 0.717) is 5.69 Å². The molecule has 3 aromatic rings. The van der Waals surface area contributed by atoms with E-state index in [1.807, 2.05) is 12.1 Å². The average molecular weight is 401 g/mol. The van der Waals surface area contributed by atoms with E-state index in [4.69, 9.17) is 14.5 Å². The third kappa shape index (κ3) is 3.37. The van der Waals surface area contributed by atoms with Crippen LogP contribution in [0.5, 0.6) is 11.5 Å². The summed E-state index contributed by atoms with van der Waals surface area (Å²) in [6, 6.07) is 5.66. The van der Waals surface area contributed by atoms with Gasteiger partial charge in [-0.1, -0.05) is 11.3 Å². The van der Waals surface area contributed by atoms with Gasteiger partial charge in [0.15, 0.2) is 5.13 Å². The fourth-order valence-electron chi connectivity index (χ4n) is 3.48. The zero-order chi connectivity index (χ0) is 19.7. The molecule has 0 unspecified atom stereocenters. The second-order valence-electron chi connectivity index (χ2n) is 6.72. The van der Waals surface area contributed by atoms with E-state index in [2.05, 4.69) is 15.3 Å². The molecule has 1 aliphatic heterocycles. The number of carbonyl (C=O) groups is 1. The Morgan fingerprint density at radius 2 is 1.89 bits per heavy atom. The van der Waals surface area contributed by atoms with E-state index in [1.165, 1.54) is 0 Å². The van der Waals surface area contributed by atoms with Crippen LogP contribution in [0.1, 0.15) is 23.3 Å².